The minimum atomic E-state index is -1.35. The molecule has 27 heavy (non-hydrogen) atoms. The lowest BCUT2D eigenvalue weighted by molar-refractivity contribution is -0.200. The average molecular weight is 384 g/mol. The van der Waals surface area contributed by atoms with Crippen LogP contribution in [0.4, 0.5) is 0 Å². The second-order valence-corrected chi connectivity index (χ2v) is 5.84. The van der Waals surface area contributed by atoms with Gasteiger partial charge in [0.05, 0.1) is 27.9 Å². The normalized spacial score (nSPS) is 25.3. The van der Waals surface area contributed by atoms with Gasteiger partial charge in [0, 0.05) is 6.08 Å². The van der Waals surface area contributed by atoms with E-state index in [1.54, 1.807) is 12.1 Å². The third-order valence-electron chi connectivity index (χ3n) is 4.09. The van der Waals surface area contributed by atoms with Crippen LogP contribution < -0.4 is 14.2 Å². The van der Waals surface area contributed by atoms with Crippen molar-refractivity contribution in [1.29, 1.82) is 0 Å². The minimum Gasteiger partial charge on any atom is -0.493 e. The van der Waals surface area contributed by atoms with Crippen LogP contribution >= 0.6 is 0 Å². The Hall–Kier alpha value is -2.33. The van der Waals surface area contributed by atoms with Crippen molar-refractivity contribution in [2.75, 3.05) is 34.5 Å². The Labute approximate surface area is 156 Å². The van der Waals surface area contributed by atoms with E-state index in [9.17, 15) is 20.1 Å². The molecule has 1 aromatic carbocycles. The maximum atomic E-state index is 11.9. The summed E-state index contributed by atoms with van der Waals surface area (Å²) in [5.74, 6) is 0.649. The first-order chi connectivity index (χ1) is 12.9. The van der Waals surface area contributed by atoms with E-state index in [1.807, 2.05) is 0 Å². The smallest absolute Gasteiger partial charge is 0.330 e. The van der Waals surface area contributed by atoms with Crippen molar-refractivity contribution in [1.82, 2.24) is 0 Å². The molecule has 1 aliphatic heterocycles. The van der Waals surface area contributed by atoms with Gasteiger partial charge >= 0.3 is 5.97 Å². The number of carbonyl (C=O) groups is 1. The first-order valence-corrected chi connectivity index (χ1v) is 8.21. The number of methoxy groups -OCH3 is 3. The molecule has 2 rings (SSSR count). The van der Waals surface area contributed by atoms with Crippen LogP contribution in [0.25, 0.3) is 6.08 Å². The molecule has 0 saturated carbocycles. The molecule has 0 radical (unpaired) electrons. The van der Waals surface area contributed by atoms with E-state index in [2.05, 4.69) is 0 Å². The van der Waals surface area contributed by atoms with Crippen LogP contribution in [-0.2, 0) is 14.3 Å². The molecule has 0 amide bonds. The fourth-order valence-corrected chi connectivity index (χ4v) is 2.59. The SMILES string of the molecule is COc1cc(/C=C\C(=O)OC[C@H]2OC[C@H](O)[C@@H](O)[C@@H]2O)cc(OC)c1OC. The van der Waals surface area contributed by atoms with Crippen LogP contribution in [0.3, 0.4) is 0 Å². The Kier molecular flexibility index (Phi) is 7.43. The molecule has 9 heteroatoms. The summed E-state index contributed by atoms with van der Waals surface area (Å²) in [6.07, 6.45) is -2.09. The van der Waals surface area contributed by atoms with Gasteiger partial charge < -0.3 is 39.0 Å². The monoisotopic (exact) mass is 384 g/mol. The van der Waals surface area contributed by atoms with Gasteiger partial charge in [-0.2, -0.15) is 0 Å². The summed E-state index contributed by atoms with van der Waals surface area (Å²) < 4.78 is 25.9. The van der Waals surface area contributed by atoms with Crippen LogP contribution in [0.5, 0.6) is 17.2 Å². The molecular formula is C18H24O9. The van der Waals surface area contributed by atoms with Gasteiger partial charge in [0.25, 0.3) is 0 Å². The number of benzene rings is 1. The summed E-state index contributed by atoms with van der Waals surface area (Å²) in [5, 5.41) is 28.8. The first-order valence-electron chi connectivity index (χ1n) is 8.21. The molecule has 1 saturated heterocycles. The third kappa shape index (κ3) is 5.10. The Morgan fingerprint density at radius 2 is 1.74 bits per heavy atom. The van der Waals surface area contributed by atoms with Gasteiger partial charge in [-0.25, -0.2) is 4.79 Å². The lowest BCUT2D eigenvalue weighted by atomic mass is 10.0. The highest BCUT2D eigenvalue weighted by Gasteiger charge is 2.37. The molecule has 4 atom stereocenters. The van der Waals surface area contributed by atoms with Gasteiger partial charge in [-0.05, 0) is 23.8 Å². The molecule has 0 aliphatic carbocycles. The van der Waals surface area contributed by atoms with E-state index in [1.165, 1.54) is 33.5 Å². The lowest BCUT2D eigenvalue weighted by Crippen LogP contribution is -2.54. The van der Waals surface area contributed by atoms with Crippen LogP contribution in [0.2, 0.25) is 0 Å². The van der Waals surface area contributed by atoms with Crippen molar-refractivity contribution in [2.45, 2.75) is 24.4 Å². The molecule has 9 nitrogen and oxygen atoms in total. The summed E-state index contributed by atoms with van der Waals surface area (Å²) in [6.45, 7) is -0.412. The average Bonchev–Trinajstić information content (AvgIpc) is 2.68. The van der Waals surface area contributed by atoms with Crippen LogP contribution in [-0.4, -0.2) is 80.2 Å². The number of ether oxygens (including phenoxy) is 5. The van der Waals surface area contributed by atoms with Crippen molar-refractivity contribution >= 4 is 12.0 Å². The molecule has 1 heterocycles. The number of rotatable bonds is 7. The third-order valence-corrected chi connectivity index (χ3v) is 4.09. The summed E-state index contributed by atoms with van der Waals surface area (Å²) in [6, 6.07) is 3.33. The van der Waals surface area contributed by atoms with Crippen molar-refractivity contribution in [3.8, 4) is 17.2 Å². The topological polar surface area (TPSA) is 124 Å². The molecule has 3 N–H and O–H groups in total. The zero-order valence-electron chi connectivity index (χ0n) is 15.3. The van der Waals surface area contributed by atoms with Gasteiger partial charge in [-0.3, -0.25) is 0 Å². The van der Waals surface area contributed by atoms with Crippen LogP contribution in [0, 0.1) is 0 Å². The van der Waals surface area contributed by atoms with E-state index >= 15 is 0 Å². The molecule has 0 unspecified atom stereocenters. The second-order valence-electron chi connectivity index (χ2n) is 5.84. The lowest BCUT2D eigenvalue weighted by Gasteiger charge is -2.34. The number of hydrogen-bond acceptors (Lipinski definition) is 9. The highest BCUT2D eigenvalue weighted by Crippen LogP contribution is 2.38. The molecular weight excluding hydrogens is 360 g/mol. The summed E-state index contributed by atoms with van der Waals surface area (Å²) >= 11 is 0. The maximum absolute atomic E-state index is 11.9. The quantitative estimate of drug-likeness (QED) is 0.431. The largest absolute Gasteiger partial charge is 0.493 e. The van der Waals surface area contributed by atoms with Crippen molar-refractivity contribution < 1.29 is 43.8 Å². The van der Waals surface area contributed by atoms with Crippen molar-refractivity contribution in [3.63, 3.8) is 0 Å². The molecule has 0 spiro atoms. The fraction of sp³-hybridized carbons (Fsp3) is 0.500. The predicted molar refractivity (Wildman–Crippen MR) is 93.9 cm³/mol. The Bertz CT molecular complexity index is 648. The number of esters is 1. The zero-order valence-corrected chi connectivity index (χ0v) is 15.3. The maximum Gasteiger partial charge on any atom is 0.330 e. The summed E-state index contributed by atoms with van der Waals surface area (Å²) in [4.78, 5) is 11.9. The predicted octanol–water partition coefficient (Wildman–Crippen LogP) is -0.250. The molecule has 0 aromatic heterocycles. The first kappa shape index (κ1) is 21.0. The van der Waals surface area contributed by atoms with Gasteiger partial charge in [-0.1, -0.05) is 0 Å². The van der Waals surface area contributed by atoms with Gasteiger partial charge in [0.15, 0.2) is 11.5 Å². The Morgan fingerprint density at radius 3 is 2.30 bits per heavy atom. The summed E-state index contributed by atoms with van der Waals surface area (Å²) in [5.41, 5.74) is 0.619. The van der Waals surface area contributed by atoms with Crippen LogP contribution in [0.15, 0.2) is 18.2 Å². The fourth-order valence-electron chi connectivity index (χ4n) is 2.59. The number of carbonyl (C=O) groups excluding carboxylic acids is 1. The van der Waals surface area contributed by atoms with Crippen molar-refractivity contribution in [3.05, 3.63) is 23.8 Å². The standard InChI is InChI=1S/C18H24O9/c1-23-12-6-10(7-13(24-2)18(12)25-3)4-5-15(20)27-9-14-17(22)16(21)11(19)8-26-14/h4-7,11,14,16-17,19,21-22H,8-9H2,1-3H3/b5-4-/t11-,14+,16+,17+/m0/s1. The summed E-state index contributed by atoms with van der Waals surface area (Å²) in [7, 11) is 4.46. The highest BCUT2D eigenvalue weighted by atomic mass is 16.6. The van der Waals surface area contributed by atoms with Crippen LogP contribution in [0.1, 0.15) is 5.56 Å². The molecule has 1 fully saturated rings. The Balaban J connectivity index is 1.98. The highest BCUT2D eigenvalue weighted by molar-refractivity contribution is 5.87. The molecule has 150 valence electrons. The number of aliphatic hydroxyl groups excluding tert-OH is 3. The number of hydrogen-bond donors (Lipinski definition) is 3. The zero-order chi connectivity index (χ0) is 20.0. The van der Waals surface area contributed by atoms with E-state index in [-0.39, 0.29) is 13.2 Å². The van der Waals surface area contributed by atoms with Gasteiger partial charge in [-0.15, -0.1) is 0 Å². The van der Waals surface area contributed by atoms with E-state index in [4.69, 9.17) is 23.7 Å². The molecule has 0 bridgehead atoms. The Morgan fingerprint density at radius 1 is 1.11 bits per heavy atom. The van der Waals surface area contributed by atoms with E-state index in [0.717, 1.165) is 0 Å². The molecule has 1 aromatic rings. The molecule has 1 aliphatic rings. The number of aliphatic hydroxyl groups is 3. The second kappa shape index (κ2) is 9.56. The van der Waals surface area contributed by atoms with Crippen molar-refractivity contribution in [2.24, 2.45) is 0 Å². The van der Waals surface area contributed by atoms with Gasteiger partial charge in [0.2, 0.25) is 5.75 Å². The van der Waals surface area contributed by atoms with E-state index < -0.39 is 30.4 Å². The van der Waals surface area contributed by atoms with Gasteiger partial charge in [0.1, 0.15) is 31.0 Å². The van der Waals surface area contributed by atoms with E-state index in [0.29, 0.717) is 22.8 Å². The minimum absolute atomic E-state index is 0.151.